The quantitative estimate of drug-likeness (QED) is 0.727. The van der Waals surface area contributed by atoms with Crippen molar-refractivity contribution in [1.29, 1.82) is 0 Å². The van der Waals surface area contributed by atoms with E-state index in [9.17, 15) is 0 Å². The Kier molecular flexibility index (Phi) is 4.64. The molecule has 1 atom stereocenters. The summed E-state index contributed by atoms with van der Waals surface area (Å²) in [5.41, 5.74) is 12.0. The largest absolute Gasteiger partial charge is 0.378 e. The maximum absolute atomic E-state index is 5.54. The van der Waals surface area contributed by atoms with Crippen molar-refractivity contribution in [2.24, 2.45) is 0 Å². The van der Waals surface area contributed by atoms with Gasteiger partial charge in [-0.2, -0.15) is 0 Å². The lowest BCUT2D eigenvalue weighted by Crippen LogP contribution is -2.36. The van der Waals surface area contributed by atoms with Crippen LogP contribution >= 0.6 is 0 Å². The first kappa shape index (κ1) is 17.5. The van der Waals surface area contributed by atoms with E-state index in [0.29, 0.717) is 0 Å². The highest BCUT2D eigenvalue weighted by Gasteiger charge is 2.23. The summed E-state index contributed by atoms with van der Waals surface area (Å²) in [6, 6.07) is 6.49. The molecule has 144 valence electrons. The van der Waals surface area contributed by atoms with E-state index in [1.807, 2.05) is 18.6 Å². The smallest absolute Gasteiger partial charge is 0.130 e. The van der Waals surface area contributed by atoms with E-state index in [1.54, 1.807) is 0 Å². The van der Waals surface area contributed by atoms with E-state index in [2.05, 4.69) is 45.9 Å². The minimum atomic E-state index is 0.166. The molecular formula is C21H24N6O. The Hall–Kier alpha value is -2.61. The number of aromatic nitrogens is 3. The molecule has 2 aliphatic rings. The lowest BCUT2D eigenvalue weighted by Gasteiger charge is -2.29. The molecule has 3 aromatic heterocycles. The molecule has 3 aromatic rings. The summed E-state index contributed by atoms with van der Waals surface area (Å²) >= 11 is 0. The van der Waals surface area contributed by atoms with Gasteiger partial charge in [0.05, 0.1) is 30.5 Å². The second-order valence-corrected chi connectivity index (χ2v) is 7.32. The molecule has 0 amide bonds. The molecule has 1 unspecified atom stereocenters. The summed E-state index contributed by atoms with van der Waals surface area (Å²) in [5.74, 6) is 0.981. The number of nitrogens with zero attached hydrogens (tertiary/aromatic N) is 4. The topological polar surface area (TPSA) is 75.2 Å². The maximum Gasteiger partial charge on any atom is 0.130 e. The highest BCUT2D eigenvalue weighted by atomic mass is 16.5. The minimum absolute atomic E-state index is 0.166. The highest BCUT2D eigenvalue weighted by molar-refractivity contribution is 5.97. The lowest BCUT2D eigenvalue weighted by molar-refractivity contribution is 0.122. The molecule has 0 aliphatic carbocycles. The number of anilines is 1. The second kappa shape index (κ2) is 7.43. The Morgan fingerprint density at radius 3 is 2.82 bits per heavy atom. The molecule has 0 bridgehead atoms. The van der Waals surface area contributed by atoms with Crippen LogP contribution in [0.4, 0.5) is 5.82 Å². The molecule has 7 nitrogen and oxygen atoms in total. The molecule has 28 heavy (non-hydrogen) atoms. The number of nitrogens with one attached hydrogen (secondary N) is 2. The SMILES string of the molecule is Cc1ccncc1-c1cc(N2CCOCC2)nc2c(C3CCNN3)nccc12. The predicted molar refractivity (Wildman–Crippen MR) is 109 cm³/mol. The summed E-state index contributed by atoms with van der Waals surface area (Å²) in [6.45, 7) is 6.22. The van der Waals surface area contributed by atoms with E-state index < -0.39 is 0 Å². The zero-order valence-corrected chi connectivity index (χ0v) is 16.0. The number of morpholine rings is 1. The molecule has 0 saturated carbocycles. The fourth-order valence-corrected chi connectivity index (χ4v) is 4.03. The summed E-state index contributed by atoms with van der Waals surface area (Å²) in [6.07, 6.45) is 6.68. The molecule has 2 N–H and O–H groups in total. The van der Waals surface area contributed by atoms with Crippen molar-refractivity contribution >= 4 is 16.7 Å². The van der Waals surface area contributed by atoms with Crippen molar-refractivity contribution in [1.82, 2.24) is 25.8 Å². The van der Waals surface area contributed by atoms with E-state index in [-0.39, 0.29) is 6.04 Å². The predicted octanol–water partition coefficient (Wildman–Crippen LogP) is 2.38. The third-order valence-corrected chi connectivity index (χ3v) is 5.57. The third-order valence-electron chi connectivity index (χ3n) is 5.57. The lowest BCUT2D eigenvalue weighted by atomic mass is 9.97. The number of hydrogen-bond acceptors (Lipinski definition) is 7. The number of pyridine rings is 3. The third kappa shape index (κ3) is 3.11. The van der Waals surface area contributed by atoms with Crippen LogP contribution in [-0.2, 0) is 4.74 Å². The number of aryl methyl sites for hydroxylation is 1. The molecule has 0 spiro atoms. The normalized spacial score (nSPS) is 20.0. The number of hydrogen-bond donors (Lipinski definition) is 2. The monoisotopic (exact) mass is 376 g/mol. The van der Waals surface area contributed by atoms with Gasteiger partial charge in [-0.25, -0.2) is 10.4 Å². The first-order valence-electron chi connectivity index (χ1n) is 9.83. The van der Waals surface area contributed by atoms with Gasteiger partial charge >= 0.3 is 0 Å². The van der Waals surface area contributed by atoms with E-state index >= 15 is 0 Å². The minimum Gasteiger partial charge on any atom is -0.378 e. The van der Waals surface area contributed by atoms with Crippen LogP contribution in [0.3, 0.4) is 0 Å². The van der Waals surface area contributed by atoms with Gasteiger partial charge in [-0.05, 0) is 42.7 Å². The van der Waals surface area contributed by atoms with Gasteiger partial charge in [-0.1, -0.05) is 0 Å². The Labute approximate surface area is 164 Å². The van der Waals surface area contributed by atoms with Crippen LogP contribution in [0, 0.1) is 6.92 Å². The van der Waals surface area contributed by atoms with Gasteiger partial charge in [0.15, 0.2) is 0 Å². The Balaban J connectivity index is 1.74. The van der Waals surface area contributed by atoms with Crippen molar-refractivity contribution in [3.05, 3.63) is 48.0 Å². The average Bonchev–Trinajstić information content (AvgIpc) is 3.28. The first-order chi connectivity index (χ1) is 13.8. The van der Waals surface area contributed by atoms with Crippen LogP contribution < -0.4 is 15.8 Å². The fraction of sp³-hybridized carbons (Fsp3) is 0.381. The van der Waals surface area contributed by atoms with Gasteiger partial charge < -0.3 is 9.64 Å². The van der Waals surface area contributed by atoms with Crippen LogP contribution in [0.2, 0.25) is 0 Å². The van der Waals surface area contributed by atoms with E-state index in [0.717, 1.165) is 72.8 Å². The average molecular weight is 376 g/mol. The van der Waals surface area contributed by atoms with Gasteiger partial charge in [-0.3, -0.25) is 15.4 Å². The molecule has 0 aromatic carbocycles. The van der Waals surface area contributed by atoms with Crippen LogP contribution in [-0.4, -0.2) is 47.8 Å². The Morgan fingerprint density at radius 1 is 1.14 bits per heavy atom. The number of ether oxygens (including phenoxy) is 1. The number of fused-ring (bicyclic) bond motifs is 1. The Morgan fingerprint density at radius 2 is 2.04 bits per heavy atom. The molecular weight excluding hydrogens is 352 g/mol. The molecule has 2 fully saturated rings. The molecule has 5 heterocycles. The molecule has 7 heteroatoms. The summed E-state index contributed by atoms with van der Waals surface area (Å²) in [7, 11) is 0. The van der Waals surface area contributed by atoms with Gasteiger partial charge in [0.2, 0.25) is 0 Å². The van der Waals surface area contributed by atoms with Gasteiger partial charge in [0.1, 0.15) is 5.82 Å². The van der Waals surface area contributed by atoms with Crippen molar-refractivity contribution in [2.75, 3.05) is 37.7 Å². The zero-order chi connectivity index (χ0) is 18.9. The van der Waals surface area contributed by atoms with Crippen LogP contribution in [0.25, 0.3) is 22.0 Å². The van der Waals surface area contributed by atoms with E-state index in [4.69, 9.17) is 14.7 Å². The molecule has 2 saturated heterocycles. The van der Waals surface area contributed by atoms with Crippen molar-refractivity contribution in [3.8, 4) is 11.1 Å². The number of rotatable bonds is 3. The van der Waals surface area contributed by atoms with Crippen LogP contribution in [0.5, 0.6) is 0 Å². The fourth-order valence-electron chi connectivity index (χ4n) is 4.03. The summed E-state index contributed by atoms with van der Waals surface area (Å²) in [5, 5.41) is 1.12. The highest BCUT2D eigenvalue weighted by Crippen LogP contribution is 2.35. The van der Waals surface area contributed by atoms with Crippen molar-refractivity contribution in [2.45, 2.75) is 19.4 Å². The Bertz CT molecular complexity index is 995. The summed E-state index contributed by atoms with van der Waals surface area (Å²) < 4.78 is 5.54. The maximum atomic E-state index is 5.54. The standard InChI is InChI=1S/C21H24N6O/c1-14-2-5-22-13-17(14)16-12-19(27-8-10-28-11-9-27)25-20-15(16)3-6-23-21(20)18-4-7-24-26-18/h2-3,5-6,12-13,18,24,26H,4,7-11H2,1H3. The summed E-state index contributed by atoms with van der Waals surface area (Å²) in [4.78, 5) is 16.5. The van der Waals surface area contributed by atoms with Crippen molar-refractivity contribution in [3.63, 3.8) is 0 Å². The van der Waals surface area contributed by atoms with Gasteiger partial charge in [0, 0.05) is 49.2 Å². The number of hydrazine groups is 1. The van der Waals surface area contributed by atoms with Crippen LogP contribution in [0.1, 0.15) is 23.7 Å². The van der Waals surface area contributed by atoms with Gasteiger partial charge in [-0.15, -0.1) is 0 Å². The van der Waals surface area contributed by atoms with Crippen LogP contribution in [0.15, 0.2) is 36.8 Å². The van der Waals surface area contributed by atoms with Crippen molar-refractivity contribution < 1.29 is 4.74 Å². The first-order valence-corrected chi connectivity index (χ1v) is 9.83. The zero-order valence-electron chi connectivity index (χ0n) is 16.0. The van der Waals surface area contributed by atoms with E-state index in [1.165, 1.54) is 5.56 Å². The second-order valence-electron chi connectivity index (χ2n) is 7.32. The molecule has 2 aliphatic heterocycles. The molecule has 0 radical (unpaired) electrons. The van der Waals surface area contributed by atoms with Gasteiger partial charge in [0.25, 0.3) is 0 Å². The molecule has 5 rings (SSSR count).